The molecule has 0 saturated carbocycles. The lowest BCUT2D eigenvalue weighted by molar-refractivity contribution is -0.267. The molecule has 1 N–H and O–H groups in total. The molecule has 1 aromatic carbocycles. The molecule has 0 aliphatic rings. The van der Waals surface area contributed by atoms with E-state index in [0.29, 0.717) is 28.9 Å². The van der Waals surface area contributed by atoms with Gasteiger partial charge in [0.15, 0.2) is 0 Å². The molecule has 5 nitrogen and oxygen atoms in total. The van der Waals surface area contributed by atoms with Crippen molar-refractivity contribution in [2.24, 2.45) is 0 Å². The molecule has 20 heavy (non-hydrogen) atoms. The summed E-state index contributed by atoms with van der Waals surface area (Å²) in [6.07, 6.45) is -0.306. The van der Waals surface area contributed by atoms with E-state index in [1.807, 2.05) is 0 Å². The zero-order valence-electron chi connectivity index (χ0n) is 11.4. The van der Waals surface area contributed by atoms with E-state index in [9.17, 15) is 4.79 Å². The van der Waals surface area contributed by atoms with Gasteiger partial charge in [-0.05, 0) is 30.7 Å². The Morgan fingerprint density at radius 3 is 2.70 bits per heavy atom. The lowest BCUT2D eigenvalue weighted by atomic mass is 10.0. The van der Waals surface area contributed by atoms with Gasteiger partial charge in [0.2, 0.25) is 0 Å². The SMILES string of the molecule is C=C(C)[C@H](Cc1c(OC)ccc2ccc(=O)oc12)OO. The summed E-state index contributed by atoms with van der Waals surface area (Å²) in [7, 11) is 1.53. The second-order valence-electron chi connectivity index (χ2n) is 4.56. The molecule has 2 rings (SSSR count). The van der Waals surface area contributed by atoms with Gasteiger partial charge in [-0.15, -0.1) is 0 Å². The van der Waals surface area contributed by atoms with Gasteiger partial charge in [0.1, 0.15) is 17.4 Å². The van der Waals surface area contributed by atoms with E-state index in [1.165, 1.54) is 13.2 Å². The Morgan fingerprint density at radius 1 is 1.40 bits per heavy atom. The standard InChI is InChI=1S/C15H16O5/c1-9(2)13(20-17)8-11-12(18-3)6-4-10-5-7-14(16)19-15(10)11/h4-7,13,17H,1,8H2,2-3H3/t13-/m0/s1. The van der Waals surface area contributed by atoms with Crippen LogP contribution in [0.1, 0.15) is 12.5 Å². The van der Waals surface area contributed by atoms with Crippen molar-refractivity contribution in [2.75, 3.05) is 7.11 Å². The summed E-state index contributed by atoms with van der Waals surface area (Å²) < 4.78 is 10.5. The molecule has 0 saturated heterocycles. The molecule has 1 aromatic heterocycles. The smallest absolute Gasteiger partial charge is 0.336 e. The van der Waals surface area contributed by atoms with Crippen LogP contribution in [0, 0.1) is 0 Å². The summed E-state index contributed by atoms with van der Waals surface area (Å²) in [5.41, 5.74) is 1.30. The highest BCUT2D eigenvalue weighted by molar-refractivity contribution is 5.82. The van der Waals surface area contributed by atoms with Crippen LogP contribution in [0.4, 0.5) is 0 Å². The molecule has 0 bridgehead atoms. The molecule has 0 radical (unpaired) electrons. The Balaban J connectivity index is 2.61. The molecule has 5 heteroatoms. The fourth-order valence-electron chi connectivity index (χ4n) is 2.04. The van der Waals surface area contributed by atoms with Crippen molar-refractivity contribution in [3.63, 3.8) is 0 Å². The number of rotatable bonds is 5. The van der Waals surface area contributed by atoms with Crippen LogP contribution >= 0.6 is 0 Å². The third-order valence-electron chi connectivity index (χ3n) is 3.14. The molecule has 0 aliphatic carbocycles. The number of methoxy groups -OCH3 is 1. The highest BCUT2D eigenvalue weighted by atomic mass is 17.1. The van der Waals surface area contributed by atoms with Gasteiger partial charge in [-0.1, -0.05) is 6.58 Å². The number of hydrogen-bond acceptors (Lipinski definition) is 5. The normalized spacial score (nSPS) is 12.3. The highest BCUT2D eigenvalue weighted by Gasteiger charge is 2.18. The second-order valence-corrected chi connectivity index (χ2v) is 4.56. The average molecular weight is 276 g/mol. The minimum atomic E-state index is -0.597. The van der Waals surface area contributed by atoms with Gasteiger partial charge in [-0.3, -0.25) is 5.26 Å². The third-order valence-corrected chi connectivity index (χ3v) is 3.14. The van der Waals surface area contributed by atoms with Gasteiger partial charge < -0.3 is 9.15 Å². The van der Waals surface area contributed by atoms with Crippen molar-refractivity contribution < 1.29 is 19.3 Å². The molecule has 0 fully saturated rings. The molecular weight excluding hydrogens is 260 g/mol. The monoisotopic (exact) mass is 276 g/mol. The number of ether oxygens (including phenoxy) is 1. The van der Waals surface area contributed by atoms with Crippen LogP contribution in [0.3, 0.4) is 0 Å². The highest BCUT2D eigenvalue weighted by Crippen LogP contribution is 2.29. The number of fused-ring (bicyclic) bond motifs is 1. The first-order chi connectivity index (χ1) is 9.56. The second kappa shape index (κ2) is 5.90. The number of hydrogen-bond donors (Lipinski definition) is 1. The summed E-state index contributed by atoms with van der Waals surface area (Å²) in [6.45, 7) is 5.50. The van der Waals surface area contributed by atoms with Crippen LogP contribution in [0.15, 0.2) is 45.6 Å². The first-order valence-corrected chi connectivity index (χ1v) is 6.12. The van der Waals surface area contributed by atoms with E-state index in [2.05, 4.69) is 11.5 Å². The van der Waals surface area contributed by atoms with E-state index in [4.69, 9.17) is 14.4 Å². The van der Waals surface area contributed by atoms with Gasteiger partial charge >= 0.3 is 5.63 Å². The maximum Gasteiger partial charge on any atom is 0.336 e. The first-order valence-electron chi connectivity index (χ1n) is 6.12. The van der Waals surface area contributed by atoms with Crippen LogP contribution in [0.25, 0.3) is 11.0 Å². The topological polar surface area (TPSA) is 68.9 Å². The van der Waals surface area contributed by atoms with E-state index in [0.717, 1.165) is 5.39 Å². The van der Waals surface area contributed by atoms with E-state index < -0.39 is 11.7 Å². The summed E-state index contributed by atoms with van der Waals surface area (Å²) in [6, 6.07) is 6.62. The van der Waals surface area contributed by atoms with E-state index in [1.54, 1.807) is 25.1 Å². The lowest BCUT2D eigenvalue weighted by Crippen LogP contribution is -2.16. The third kappa shape index (κ3) is 2.74. The quantitative estimate of drug-likeness (QED) is 0.393. The Bertz CT molecular complexity index is 686. The van der Waals surface area contributed by atoms with Crippen molar-refractivity contribution in [1.29, 1.82) is 0 Å². The molecule has 0 spiro atoms. The molecule has 106 valence electrons. The Kier molecular flexibility index (Phi) is 4.22. The molecule has 1 heterocycles. The fourth-order valence-corrected chi connectivity index (χ4v) is 2.04. The van der Waals surface area contributed by atoms with Crippen LogP contribution in [0.2, 0.25) is 0 Å². The first kappa shape index (κ1) is 14.3. The van der Waals surface area contributed by atoms with Crippen molar-refractivity contribution in [3.05, 3.63) is 52.4 Å². The summed E-state index contributed by atoms with van der Waals surface area (Å²) in [5, 5.41) is 9.73. The zero-order valence-corrected chi connectivity index (χ0v) is 11.4. The van der Waals surface area contributed by atoms with Gasteiger partial charge in [0.25, 0.3) is 0 Å². The largest absolute Gasteiger partial charge is 0.496 e. The van der Waals surface area contributed by atoms with Crippen LogP contribution in [0.5, 0.6) is 5.75 Å². The van der Waals surface area contributed by atoms with Gasteiger partial charge in [-0.25, -0.2) is 9.68 Å². The predicted molar refractivity (Wildman–Crippen MR) is 75.1 cm³/mol. The summed E-state index contributed by atoms with van der Waals surface area (Å²) >= 11 is 0. The van der Waals surface area contributed by atoms with Crippen molar-refractivity contribution in [1.82, 2.24) is 0 Å². The molecule has 0 aliphatic heterocycles. The Labute approximate surface area is 116 Å². The van der Waals surface area contributed by atoms with Gasteiger partial charge in [-0.2, -0.15) is 0 Å². The lowest BCUT2D eigenvalue weighted by Gasteiger charge is -2.16. The van der Waals surface area contributed by atoms with Crippen LogP contribution in [-0.2, 0) is 11.3 Å². The van der Waals surface area contributed by atoms with Crippen molar-refractivity contribution in [3.8, 4) is 5.75 Å². The molecule has 0 amide bonds. The number of benzene rings is 1. The maximum atomic E-state index is 11.4. The Hall–Kier alpha value is -2.11. The molecular formula is C15H16O5. The zero-order chi connectivity index (χ0) is 14.7. The van der Waals surface area contributed by atoms with Crippen LogP contribution in [-0.4, -0.2) is 18.5 Å². The molecule has 2 aromatic rings. The minimum absolute atomic E-state index is 0.291. The average Bonchev–Trinajstić information content (AvgIpc) is 2.44. The van der Waals surface area contributed by atoms with Crippen molar-refractivity contribution in [2.45, 2.75) is 19.4 Å². The minimum Gasteiger partial charge on any atom is -0.496 e. The molecule has 0 unspecified atom stereocenters. The fraction of sp³-hybridized carbons (Fsp3) is 0.267. The van der Waals surface area contributed by atoms with Crippen LogP contribution < -0.4 is 10.4 Å². The van der Waals surface area contributed by atoms with E-state index in [-0.39, 0.29) is 0 Å². The van der Waals surface area contributed by atoms with E-state index >= 15 is 0 Å². The maximum absolute atomic E-state index is 11.4. The van der Waals surface area contributed by atoms with Crippen molar-refractivity contribution >= 4 is 11.0 Å². The molecule has 1 atom stereocenters. The predicted octanol–water partition coefficient (Wildman–Crippen LogP) is 2.78. The summed E-state index contributed by atoms with van der Waals surface area (Å²) in [4.78, 5) is 15.8. The Morgan fingerprint density at radius 2 is 2.10 bits per heavy atom. The van der Waals surface area contributed by atoms with Gasteiger partial charge in [0, 0.05) is 23.4 Å². The summed E-state index contributed by atoms with van der Waals surface area (Å²) in [5.74, 6) is 0.565. The van der Waals surface area contributed by atoms with Gasteiger partial charge in [0.05, 0.1) is 7.11 Å².